The van der Waals surface area contributed by atoms with Crippen LogP contribution in [0.15, 0.2) is 60.4 Å². The van der Waals surface area contributed by atoms with Crippen LogP contribution in [0.5, 0.6) is 57.5 Å². The Morgan fingerprint density at radius 1 is 0.364 bits per heavy atom. The standard InChI is InChI=1S/3C20H31NO3.2C19H29NO3/c3*1-20(2,3)11-14-12-21-7-6-13-8-18(23-4)19(24-5)9-15(13)16(21)10-17(14)22;2*1-12(2)7-14-11-20-6-5-13-8-18(22-3)19(23-4)9-15(13)16(20)10-17(14)21/h3*8-9,14,16-17,22H,6-7,10-12H2,1-5H3;2*8-9,12,14,16-17,21H,5-7,10-11H2,1-4H3/i2*1D3,2D3,5D3,8D,9D,11D2,12D2,16D;1D3,2D3,8D,9D,11D2,12D2,16D;8D,9D,10D2,11D2,14D,16D,17D;4D3,8D,9D,11D2,16D. The Morgan fingerprint density at radius 2 is 0.602 bits per heavy atom. The fourth-order valence-corrected chi connectivity index (χ4v) is 15.3. The highest BCUT2D eigenvalue weighted by atomic mass is 16.5. The maximum Gasteiger partial charge on any atom is 0.161 e. The van der Waals surface area contributed by atoms with E-state index in [0.29, 0.717) is 32.8 Å². The zero-order valence-corrected chi connectivity index (χ0v) is 68.6. The van der Waals surface area contributed by atoms with Gasteiger partial charge in [-0.3, -0.25) is 24.5 Å². The normalized spacial score (nSPS) is 43.3. The first-order valence-corrected chi connectivity index (χ1v) is 38.6. The molecular formula is C98H151N5O15. The van der Waals surface area contributed by atoms with E-state index in [-0.39, 0.29) is 192 Å². The van der Waals surface area contributed by atoms with Crippen molar-refractivity contribution in [3.63, 3.8) is 0 Å². The summed E-state index contributed by atoms with van der Waals surface area (Å²) in [5, 5.41) is 55.7. The van der Waals surface area contributed by atoms with Crippen LogP contribution in [0.25, 0.3) is 0 Å². The first-order chi connectivity index (χ1) is 80.6. The molecule has 15 atom stereocenters. The number of aliphatic hydroxyl groups is 5. The van der Waals surface area contributed by atoms with Gasteiger partial charge in [-0.25, -0.2) is 0 Å². The van der Waals surface area contributed by atoms with Crippen LogP contribution in [0, 0.1) is 57.6 Å². The monoisotopic (exact) mass is 1700 g/mol. The average molecular weight is 1700 g/mol. The van der Waals surface area contributed by atoms with E-state index < -0.39 is 311 Å². The molecule has 0 saturated carbocycles. The molecule has 20 nitrogen and oxygen atoms in total. The van der Waals surface area contributed by atoms with E-state index in [0.717, 1.165) is 33.8 Å². The van der Waals surface area contributed by atoms with E-state index in [1.165, 1.54) is 40.4 Å². The topological polar surface area (TPSA) is 210 Å². The van der Waals surface area contributed by atoms with Gasteiger partial charge in [-0.15, -0.1) is 0 Å². The highest BCUT2D eigenvalue weighted by Crippen LogP contribution is 2.51. The lowest BCUT2D eigenvalue weighted by Crippen LogP contribution is -2.48. The molecule has 0 radical (unpaired) electrons. The summed E-state index contributed by atoms with van der Waals surface area (Å²) < 4.78 is 568. The molecule has 0 aliphatic carbocycles. The molecule has 5 saturated heterocycles. The molecule has 5 aromatic rings. The van der Waals surface area contributed by atoms with Gasteiger partial charge in [0, 0.05) is 146 Å². The van der Waals surface area contributed by atoms with Crippen molar-refractivity contribution in [1.29, 1.82) is 0 Å². The van der Waals surface area contributed by atoms with Crippen molar-refractivity contribution in [2.45, 2.75) is 246 Å². The molecule has 15 rings (SSSR count). The Morgan fingerprint density at radius 3 is 0.856 bits per heavy atom. The summed E-state index contributed by atoms with van der Waals surface area (Å²) in [4.78, 5) is 4.66. The summed E-state index contributed by atoms with van der Waals surface area (Å²) in [6.45, 7) is -26.4. The third-order valence-corrected chi connectivity index (χ3v) is 20.6. The van der Waals surface area contributed by atoms with Crippen molar-refractivity contribution >= 4 is 0 Å². The summed E-state index contributed by atoms with van der Waals surface area (Å²) in [6.07, 6.45) is -26.8. The minimum atomic E-state index is -3.46. The van der Waals surface area contributed by atoms with Crippen LogP contribution in [0.2, 0.25) is 0 Å². The summed E-state index contributed by atoms with van der Waals surface area (Å²) in [6, 6.07) is -15.7. The second-order valence-corrected chi connectivity index (χ2v) is 30.9. The number of benzene rings is 5. The molecule has 10 aliphatic heterocycles. The lowest BCUT2D eigenvalue weighted by Gasteiger charge is -2.47. The molecule has 0 aromatic heterocycles. The van der Waals surface area contributed by atoms with Crippen molar-refractivity contribution in [2.24, 2.45) is 57.6 Å². The summed E-state index contributed by atoms with van der Waals surface area (Å²) >= 11 is 0. The third-order valence-electron chi connectivity index (χ3n) is 20.6. The van der Waals surface area contributed by atoms with Gasteiger partial charge in [0.1, 0.15) is 0 Å². The molecule has 118 heavy (non-hydrogen) atoms. The van der Waals surface area contributed by atoms with Crippen molar-refractivity contribution in [3.8, 4) is 57.5 Å². The zero-order valence-electron chi connectivity index (χ0n) is 131. The number of rotatable bonds is 17. The number of hydrogen-bond acceptors (Lipinski definition) is 20. The second-order valence-electron chi connectivity index (χ2n) is 30.9. The van der Waals surface area contributed by atoms with E-state index in [2.05, 4.69) is 0 Å². The predicted octanol–water partition coefficient (Wildman–Crippen LogP) is 16.3. The van der Waals surface area contributed by atoms with Crippen LogP contribution < -0.4 is 47.4 Å². The van der Waals surface area contributed by atoms with E-state index >= 15 is 0 Å². The number of fused-ring (bicyclic) bond motifs is 15. The zero-order chi connectivity index (χ0) is 139. The molecule has 658 valence electrons. The Kier molecular flexibility index (Phi) is 13.7. The molecule has 20 heteroatoms. The molecule has 0 amide bonds. The smallest absolute Gasteiger partial charge is 0.161 e. The number of ether oxygens (including phenoxy) is 10. The van der Waals surface area contributed by atoms with Gasteiger partial charge in [0.25, 0.3) is 0 Å². The van der Waals surface area contributed by atoms with E-state index in [9.17, 15) is 32.4 Å². The second kappa shape index (κ2) is 39.9. The fraction of sp³-hybridized carbons (Fsp3) is 0.694. The van der Waals surface area contributed by atoms with Gasteiger partial charge in [0.15, 0.2) is 57.5 Å². The van der Waals surface area contributed by atoms with Crippen molar-refractivity contribution in [1.82, 2.24) is 24.5 Å². The maximum atomic E-state index is 11.2. The van der Waals surface area contributed by atoms with Gasteiger partial charge in [-0.1, -0.05) is 89.6 Å². The minimum Gasteiger partial charge on any atom is -0.493 e. The number of nitrogens with zero attached hydrogens (tertiary/aromatic N) is 5. The molecule has 10 aliphatic rings. The quantitative estimate of drug-likeness (QED) is 0.0586. The minimum absolute atomic E-state index is 0.00489. The lowest BCUT2D eigenvalue weighted by atomic mass is 9.75. The van der Waals surface area contributed by atoms with E-state index in [1.54, 1.807) is 13.8 Å². The number of piperidine rings is 5. The Bertz CT molecular complexity index is 6860. The van der Waals surface area contributed by atoms with E-state index in [1.807, 2.05) is 13.8 Å². The molecular weight excluding hydrogens is 1490 g/mol. The van der Waals surface area contributed by atoms with Gasteiger partial charge in [0.2, 0.25) is 0 Å². The van der Waals surface area contributed by atoms with Crippen LogP contribution in [0.4, 0.5) is 0 Å². The third kappa shape index (κ3) is 22.2. The predicted molar refractivity (Wildman–Crippen MR) is 470 cm³/mol. The van der Waals surface area contributed by atoms with Gasteiger partial charge in [-0.05, 0) is 270 Å². The largest absolute Gasteiger partial charge is 0.493 e. The molecule has 5 aromatic carbocycles. The Balaban J connectivity index is 0.000000210. The van der Waals surface area contributed by atoms with Crippen LogP contribution in [0.1, 0.15) is 324 Å². The first kappa shape index (κ1) is 40.6. The van der Waals surface area contributed by atoms with E-state index in [4.69, 9.17) is 126 Å². The first-order valence-electron chi connectivity index (χ1n) is 69.6. The molecule has 15 unspecified atom stereocenters. The van der Waals surface area contributed by atoms with Crippen LogP contribution in [-0.2, 0) is 32.1 Å². The molecule has 5 N–H and O–H groups in total. The van der Waals surface area contributed by atoms with Crippen LogP contribution >= 0.6 is 0 Å². The fourth-order valence-electron chi connectivity index (χ4n) is 15.3. The van der Waals surface area contributed by atoms with Crippen molar-refractivity contribution in [2.75, 3.05) is 136 Å². The highest BCUT2D eigenvalue weighted by molar-refractivity contribution is 5.54. The lowest BCUT2D eigenvalue weighted by molar-refractivity contribution is -0.0259. The number of methoxy groups -OCH3 is 10. The van der Waals surface area contributed by atoms with Crippen molar-refractivity contribution in [3.05, 3.63) is 116 Å². The molecule has 0 bridgehead atoms. The van der Waals surface area contributed by atoms with Gasteiger partial charge in [-0.2, -0.15) is 0 Å². The number of aliphatic hydroxyl groups excluding tert-OH is 4. The van der Waals surface area contributed by atoms with Gasteiger partial charge in [0.05, 0.1) is 136 Å². The average Bonchev–Trinajstić information content (AvgIpc) is 0.650. The van der Waals surface area contributed by atoms with Crippen LogP contribution in [-0.4, -0.2) is 217 Å². The van der Waals surface area contributed by atoms with Gasteiger partial charge >= 0.3 is 0 Å². The summed E-state index contributed by atoms with van der Waals surface area (Å²) in [7, 11) is -0.555. The molecule has 0 spiro atoms. The Labute approximate surface area is 795 Å². The Hall–Kier alpha value is -6.30. The molecule has 5 fully saturated rings. The maximum absolute atomic E-state index is 11.2. The molecule has 10 heterocycles. The highest BCUT2D eigenvalue weighted by Gasteiger charge is 2.46. The summed E-state index contributed by atoms with van der Waals surface area (Å²) in [5.41, 5.74) is -9.89. The summed E-state index contributed by atoms with van der Waals surface area (Å²) in [5.74, 6) is -13.7. The van der Waals surface area contributed by atoms with Crippen molar-refractivity contribution < 1.29 is 158 Å². The SMILES string of the molecule is [2H]c1c2c(c([2H])c(OC([2H])([2H])[2H])c1OC)C1([2H])CC(O)C(C([2H])([2H])C(C)(C([2H])([2H])[2H])C([2H])([2H])[2H])C([2H])([2H])N1CC2.[2H]c1c2c(c([2H])c(OC([2H])([2H])[2H])c1OC)C1([2H])CC(O)C(C([2H])([2H])C(C)(C([2H])([2H])[2H])C([2H])([2H])[2H])C([2H])([2H])N1CC2.[2H]c1c2c(c([2H])c(OC([2H])([2H])[2H])c1OC)C1([2H])CC(O)C(CC(C)C)C([2H])([2H])N1CC2.[2H]c1c2c(c([2H])c(OC)c1OC)C1([2H])CC(O)C(C([2H])([2H])C(C)(C([2H])([2H])[2H])C([2H])([2H])[2H])C([2H])([2H])N1CC2.[2H]c1c2c(c([2H])c(OC)c1OC)C1([2H])N(CC2)C([2H])([2H])C([2H])(CC(C)C)C([2H])(O)C1([2H])[2H]. The van der Waals surface area contributed by atoms with Gasteiger partial charge < -0.3 is 72.9 Å². The number of hydrogen-bond donors (Lipinski definition) is 5. The van der Waals surface area contributed by atoms with Crippen LogP contribution in [0.3, 0.4) is 0 Å².